The molecule has 8 heteroatoms. The summed E-state index contributed by atoms with van der Waals surface area (Å²) in [5.41, 5.74) is 3.33. The smallest absolute Gasteiger partial charge is 0.251 e. The molecule has 3 aromatic carbocycles. The number of hydrogen-bond donors (Lipinski definition) is 2. The van der Waals surface area contributed by atoms with E-state index >= 15 is 0 Å². The van der Waals surface area contributed by atoms with Gasteiger partial charge in [-0.05, 0) is 47.0 Å². The van der Waals surface area contributed by atoms with Crippen LogP contribution in [0.25, 0.3) is 11.1 Å². The zero-order chi connectivity index (χ0) is 24.2. The average Bonchev–Trinajstić information content (AvgIpc) is 3.39. The molecule has 2 N–H and O–H groups in total. The molecule has 174 valence electrons. The van der Waals surface area contributed by atoms with Crippen molar-refractivity contribution in [3.05, 3.63) is 102 Å². The van der Waals surface area contributed by atoms with Crippen LogP contribution in [-0.4, -0.2) is 35.5 Å². The Morgan fingerprint density at radius 3 is 2.35 bits per heavy atom. The Hall–Kier alpha value is -3.78. The second kappa shape index (κ2) is 9.61. The van der Waals surface area contributed by atoms with Gasteiger partial charge in [-0.3, -0.25) is 4.79 Å². The zero-order valence-corrected chi connectivity index (χ0v) is 19.8. The first-order valence-corrected chi connectivity index (χ1v) is 12.5. The second-order valence-electron chi connectivity index (χ2n) is 8.77. The maximum Gasteiger partial charge on any atom is 0.251 e. The SMILES string of the molecule is CC(C)(CS(=O)(=O)c1ccc(-c2cccc(CNC(=O)c3ccccc3)c2)cc1)c1cn[nH]n1. The number of aromatic nitrogens is 3. The molecule has 0 unspecified atom stereocenters. The number of H-pyrrole nitrogens is 1. The summed E-state index contributed by atoms with van der Waals surface area (Å²) >= 11 is 0. The molecule has 0 atom stereocenters. The van der Waals surface area contributed by atoms with E-state index in [1.165, 1.54) is 0 Å². The highest BCUT2D eigenvalue weighted by atomic mass is 32.2. The van der Waals surface area contributed by atoms with Gasteiger partial charge in [-0.2, -0.15) is 15.4 Å². The van der Waals surface area contributed by atoms with E-state index in [1.807, 2.05) is 56.3 Å². The number of sulfone groups is 1. The molecule has 0 aliphatic carbocycles. The molecule has 0 bridgehead atoms. The molecule has 34 heavy (non-hydrogen) atoms. The van der Waals surface area contributed by atoms with E-state index in [9.17, 15) is 13.2 Å². The summed E-state index contributed by atoms with van der Waals surface area (Å²) in [6.45, 7) is 4.06. The van der Waals surface area contributed by atoms with Crippen molar-refractivity contribution in [3.63, 3.8) is 0 Å². The van der Waals surface area contributed by atoms with Gasteiger partial charge in [0.15, 0.2) is 9.84 Å². The van der Waals surface area contributed by atoms with E-state index in [1.54, 1.807) is 42.6 Å². The normalized spacial score (nSPS) is 11.8. The molecule has 0 saturated heterocycles. The van der Waals surface area contributed by atoms with Crippen molar-refractivity contribution in [2.75, 3.05) is 5.75 Å². The van der Waals surface area contributed by atoms with Gasteiger partial charge in [0.05, 0.1) is 22.5 Å². The molecule has 0 aliphatic rings. The minimum absolute atomic E-state index is 0.0809. The first-order valence-electron chi connectivity index (χ1n) is 10.9. The molecule has 4 rings (SSSR count). The molecular weight excluding hydrogens is 448 g/mol. The number of nitrogens with zero attached hydrogens (tertiary/aromatic N) is 2. The molecule has 0 aliphatic heterocycles. The van der Waals surface area contributed by atoms with Gasteiger partial charge in [0.1, 0.15) is 0 Å². The number of benzene rings is 3. The summed E-state index contributed by atoms with van der Waals surface area (Å²) in [5.74, 6) is -0.211. The lowest BCUT2D eigenvalue weighted by Crippen LogP contribution is -2.28. The fraction of sp³-hybridized carbons (Fsp3) is 0.192. The Kier molecular flexibility index (Phi) is 6.61. The third kappa shape index (κ3) is 5.40. The van der Waals surface area contributed by atoms with E-state index in [-0.39, 0.29) is 16.6 Å². The molecule has 7 nitrogen and oxygen atoms in total. The molecule has 0 saturated carbocycles. The topological polar surface area (TPSA) is 105 Å². The monoisotopic (exact) mass is 474 g/mol. The number of hydrogen-bond acceptors (Lipinski definition) is 5. The minimum atomic E-state index is -3.52. The van der Waals surface area contributed by atoms with Crippen LogP contribution in [0.1, 0.15) is 35.5 Å². The second-order valence-corrected chi connectivity index (χ2v) is 10.8. The number of carbonyl (C=O) groups excluding carboxylic acids is 1. The number of amides is 1. The highest BCUT2D eigenvalue weighted by Gasteiger charge is 2.31. The standard InChI is InChI=1S/C26H26N4O3S/c1-26(2,24-17-28-30-29-24)18-34(32,33)23-13-11-20(12-14-23)22-10-6-7-19(15-22)16-27-25(31)21-8-4-3-5-9-21/h3-15,17H,16,18H2,1-2H3,(H,27,31)(H,28,29,30). The van der Waals surface area contributed by atoms with Gasteiger partial charge in [0, 0.05) is 17.5 Å². The van der Waals surface area contributed by atoms with Gasteiger partial charge in [0.25, 0.3) is 5.91 Å². The van der Waals surface area contributed by atoms with Crippen LogP contribution in [0.15, 0.2) is 90.0 Å². The van der Waals surface area contributed by atoms with Crippen molar-refractivity contribution in [1.82, 2.24) is 20.7 Å². The molecular formula is C26H26N4O3S. The minimum Gasteiger partial charge on any atom is -0.348 e. The Balaban J connectivity index is 1.46. The van der Waals surface area contributed by atoms with E-state index in [0.717, 1.165) is 16.7 Å². The van der Waals surface area contributed by atoms with Crippen LogP contribution in [0.3, 0.4) is 0 Å². The summed E-state index contributed by atoms with van der Waals surface area (Å²) in [6, 6.07) is 23.8. The van der Waals surface area contributed by atoms with E-state index < -0.39 is 15.3 Å². The first kappa shape index (κ1) is 23.4. The zero-order valence-electron chi connectivity index (χ0n) is 19.0. The van der Waals surface area contributed by atoms with Crippen LogP contribution in [0, 0.1) is 0 Å². The lowest BCUT2D eigenvalue weighted by atomic mass is 9.93. The molecule has 1 amide bonds. The van der Waals surface area contributed by atoms with Gasteiger partial charge in [-0.15, -0.1) is 0 Å². The van der Waals surface area contributed by atoms with Gasteiger partial charge in [-0.1, -0.05) is 62.4 Å². The molecule has 1 heterocycles. The molecule has 1 aromatic heterocycles. The van der Waals surface area contributed by atoms with Gasteiger partial charge in [-0.25, -0.2) is 8.42 Å². The maximum absolute atomic E-state index is 13.0. The van der Waals surface area contributed by atoms with Crippen molar-refractivity contribution < 1.29 is 13.2 Å². The van der Waals surface area contributed by atoms with Crippen molar-refractivity contribution in [1.29, 1.82) is 0 Å². The van der Waals surface area contributed by atoms with Crippen molar-refractivity contribution in [2.24, 2.45) is 0 Å². The maximum atomic E-state index is 13.0. The molecule has 0 radical (unpaired) electrons. The summed E-state index contributed by atoms with van der Waals surface area (Å²) in [6.07, 6.45) is 1.55. The van der Waals surface area contributed by atoms with Crippen LogP contribution in [0.4, 0.5) is 0 Å². The fourth-order valence-electron chi connectivity index (χ4n) is 3.75. The summed E-state index contributed by atoms with van der Waals surface area (Å²) in [4.78, 5) is 12.6. The Morgan fingerprint density at radius 1 is 0.941 bits per heavy atom. The quantitative estimate of drug-likeness (QED) is 0.399. The first-order chi connectivity index (χ1) is 16.2. The Labute approximate surface area is 199 Å². The van der Waals surface area contributed by atoms with Crippen molar-refractivity contribution in [2.45, 2.75) is 30.7 Å². The van der Waals surface area contributed by atoms with Crippen LogP contribution < -0.4 is 5.32 Å². The van der Waals surface area contributed by atoms with Crippen LogP contribution in [0.2, 0.25) is 0 Å². The lowest BCUT2D eigenvalue weighted by molar-refractivity contribution is 0.0951. The highest BCUT2D eigenvalue weighted by Crippen LogP contribution is 2.28. The number of aromatic amines is 1. The molecule has 0 spiro atoms. The molecule has 0 fully saturated rings. The van der Waals surface area contributed by atoms with E-state index in [4.69, 9.17) is 0 Å². The number of rotatable bonds is 8. The number of carbonyl (C=O) groups is 1. The predicted octanol–water partition coefficient (Wildman–Crippen LogP) is 4.15. The highest BCUT2D eigenvalue weighted by molar-refractivity contribution is 7.91. The Bertz CT molecular complexity index is 1370. The Morgan fingerprint density at radius 2 is 1.68 bits per heavy atom. The van der Waals surface area contributed by atoms with Crippen LogP contribution in [-0.2, 0) is 21.8 Å². The predicted molar refractivity (Wildman–Crippen MR) is 131 cm³/mol. The van der Waals surface area contributed by atoms with Crippen LogP contribution in [0.5, 0.6) is 0 Å². The summed E-state index contributed by atoms with van der Waals surface area (Å²) < 4.78 is 26.0. The third-order valence-electron chi connectivity index (χ3n) is 5.62. The largest absolute Gasteiger partial charge is 0.348 e. The average molecular weight is 475 g/mol. The van der Waals surface area contributed by atoms with Crippen molar-refractivity contribution >= 4 is 15.7 Å². The van der Waals surface area contributed by atoms with E-state index in [0.29, 0.717) is 17.8 Å². The van der Waals surface area contributed by atoms with Gasteiger partial charge >= 0.3 is 0 Å². The van der Waals surface area contributed by atoms with Crippen molar-refractivity contribution in [3.8, 4) is 11.1 Å². The van der Waals surface area contributed by atoms with Gasteiger partial charge in [0.2, 0.25) is 0 Å². The summed E-state index contributed by atoms with van der Waals surface area (Å²) in [5, 5.41) is 13.3. The fourth-order valence-corrected chi connectivity index (χ4v) is 5.56. The third-order valence-corrected chi connectivity index (χ3v) is 7.71. The summed E-state index contributed by atoms with van der Waals surface area (Å²) in [7, 11) is -3.52. The van der Waals surface area contributed by atoms with E-state index in [2.05, 4.69) is 20.7 Å². The number of nitrogens with one attached hydrogen (secondary N) is 2. The molecule has 4 aromatic rings. The lowest BCUT2D eigenvalue weighted by Gasteiger charge is -2.21. The van der Waals surface area contributed by atoms with Gasteiger partial charge < -0.3 is 5.32 Å². The van der Waals surface area contributed by atoms with Crippen LogP contribution >= 0.6 is 0 Å².